The molecule has 1 aromatic heterocycles. The Morgan fingerprint density at radius 3 is 2.42 bits per heavy atom. The van der Waals surface area contributed by atoms with E-state index in [9.17, 15) is 4.79 Å². The maximum absolute atomic E-state index is 10.7. The van der Waals surface area contributed by atoms with Crippen molar-refractivity contribution in [2.75, 3.05) is 37.6 Å². The summed E-state index contributed by atoms with van der Waals surface area (Å²) in [5.41, 5.74) is -0.0119. The first-order valence-electron chi connectivity index (χ1n) is 6.59. The highest BCUT2D eigenvalue weighted by Gasteiger charge is 2.19. The minimum absolute atomic E-state index is 0.0119. The SMILES string of the molecule is CC(C)CN1CCN(c2cnc(C(=O)O)cn2)CC1. The maximum Gasteiger partial charge on any atom is 0.356 e. The van der Waals surface area contributed by atoms with Crippen LogP contribution in [0.5, 0.6) is 0 Å². The van der Waals surface area contributed by atoms with Crippen molar-refractivity contribution in [2.24, 2.45) is 5.92 Å². The number of anilines is 1. The molecule has 1 N–H and O–H groups in total. The third kappa shape index (κ3) is 3.64. The topological polar surface area (TPSA) is 69.6 Å². The van der Waals surface area contributed by atoms with E-state index in [4.69, 9.17) is 5.11 Å². The Bertz CT molecular complexity index is 425. The van der Waals surface area contributed by atoms with Gasteiger partial charge in [-0.05, 0) is 5.92 Å². The lowest BCUT2D eigenvalue weighted by molar-refractivity contribution is 0.0690. The third-order valence-electron chi connectivity index (χ3n) is 3.18. The molecule has 0 unspecified atom stereocenters. The lowest BCUT2D eigenvalue weighted by Crippen LogP contribution is -2.47. The summed E-state index contributed by atoms with van der Waals surface area (Å²) in [5.74, 6) is 0.399. The molecule has 2 rings (SSSR count). The number of hydrogen-bond acceptors (Lipinski definition) is 5. The zero-order valence-electron chi connectivity index (χ0n) is 11.4. The van der Waals surface area contributed by atoms with Gasteiger partial charge < -0.3 is 10.0 Å². The van der Waals surface area contributed by atoms with Crippen LogP contribution in [0.25, 0.3) is 0 Å². The van der Waals surface area contributed by atoms with E-state index >= 15 is 0 Å². The van der Waals surface area contributed by atoms with Crippen LogP contribution in [0.15, 0.2) is 12.4 Å². The highest BCUT2D eigenvalue weighted by Crippen LogP contribution is 2.13. The molecule has 0 aliphatic carbocycles. The summed E-state index contributed by atoms with van der Waals surface area (Å²) in [6.07, 6.45) is 2.86. The number of carboxylic acids is 1. The summed E-state index contributed by atoms with van der Waals surface area (Å²) in [4.78, 5) is 23.4. The zero-order valence-corrected chi connectivity index (χ0v) is 11.4. The number of aromatic nitrogens is 2. The summed E-state index contributed by atoms with van der Waals surface area (Å²) in [7, 11) is 0. The van der Waals surface area contributed by atoms with E-state index in [1.807, 2.05) is 0 Å². The van der Waals surface area contributed by atoms with Gasteiger partial charge in [-0.15, -0.1) is 0 Å². The molecule has 2 heterocycles. The molecule has 6 nitrogen and oxygen atoms in total. The van der Waals surface area contributed by atoms with Crippen molar-refractivity contribution in [2.45, 2.75) is 13.8 Å². The molecule has 0 aromatic carbocycles. The summed E-state index contributed by atoms with van der Waals surface area (Å²) in [5, 5.41) is 8.78. The molecule has 19 heavy (non-hydrogen) atoms. The van der Waals surface area contributed by atoms with Gasteiger partial charge in [-0.1, -0.05) is 13.8 Å². The first-order valence-corrected chi connectivity index (χ1v) is 6.59. The summed E-state index contributed by atoms with van der Waals surface area (Å²) >= 11 is 0. The van der Waals surface area contributed by atoms with Crippen LogP contribution in [0.4, 0.5) is 5.82 Å². The average molecular weight is 264 g/mol. The van der Waals surface area contributed by atoms with Crippen LogP contribution in [0.1, 0.15) is 24.3 Å². The minimum Gasteiger partial charge on any atom is -0.476 e. The van der Waals surface area contributed by atoms with E-state index in [1.165, 1.54) is 6.20 Å². The van der Waals surface area contributed by atoms with Crippen LogP contribution >= 0.6 is 0 Å². The second-order valence-corrected chi connectivity index (χ2v) is 5.25. The summed E-state index contributed by atoms with van der Waals surface area (Å²) in [6, 6.07) is 0. The molecule has 0 saturated carbocycles. The van der Waals surface area contributed by atoms with E-state index < -0.39 is 5.97 Å². The summed E-state index contributed by atoms with van der Waals surface area (Å²) < 4.78 is 0. The largest absolute Gasteiger partial charge is 0.476 e. The highest BCUT2D eigenvalue weighted by molar-refractivity contribution is 5.84. The van der Waals surface area contributed by atoms with Crippen LogP contribution in [0.3, 0.4) is 0 Å². The van der Waals surface area contributed by atoms with Crippen LogP contribution < -0.4 is 4.90 Å². The van der Waals surface area contributed by atoms with Gasteiger partial charge >= 0.3 is 5.97 Å². The Labute approximate surface area is 113 Å². The monoisotopic (exact) mass is 264 g/mol. The van der Waals surface area contributed by atoms with E-state index in [-0.39, 0.29) is 5.69 Å². The molecule has 1 aromatic rings. The minimum atomic E-state index is -1.04. The van der Waals surface area contributed by atoms with Gasteiger partial charge in [0.05, 0.1) is 12.4 Å². The van der Waals surface area contributed by atoms with Crippen molar-refractivity contribution in [3.8, 4) is 0 Å². The standard InChI is InChI=1S/C13H20N4O2/c1-10(2)9-16-3-5-17(6-4-16)12-8-14-11(7-15-12)13(18)19/h7-8,10H,3-6,9H2,1-2H3,(H,18,19). The van der Waals surface area contributed by atoms with Gasteiger partial charge in [0.2, 0.25) is 0 Å². The number of rotatable bonds is 4. The molecule has 1 aliphatic heterocycles. The molecule has 6 heteroatoms. The smallest absolute Gasteiger partial charge is 0.356 e. The number of hydrogen-bond donors (Lipinski definition) is 1. The number of carbonyl (C=O) groups is 1. The molecule has 0 bridgehead atoms. The molecule has 1 saturated heterocycles. The van der Waals surface area contributed by atoms with E-state index in [0.717, 1.165) is 38.5 Å². The van der Waals surface area contributed by atoms with Crippen molar-refractivity contribution in [3.05, 3.63) is 18.1 Å². The number of nitrogens with zero attached hydrogens (tertiary/aromatic N) is 4. The zero-order chi connectivity index (χ0) is 13.8. The highest BCUT2D eigenvalue weighted by atomic mass is 16.4. The second kappa shape index (κ2) is 5.97. The Morgan fingerprint density at radius 2 is 1.95 bits per heavy atom. The predicted octanol–water partition coefficient (Wildman–Crippen LogP) is 0.953. The molecule has 1 aliphatic rings. The van der Waals surface area contributed by atoms with Crippen molar-refractivity contribution in [1.82, 2.24) is 14.9 Å². The van der Waals surface area contributed by atoms with Gasteiger partial charge in [0.1, 0.15) is 5.82 Å². The van der Waals surface area contributed by atoms with Crippen LogP contribution in [-0.4, -0.2) is 58.7 Å². The van der Waals surface area contributed by atoms with Crippen molar-refractivity contribution < 1.29 is 9.90 Å². The molecule has 104 valence electrons. The molecule has 0 radical (unpaired) electrons. The normalized spacial score (nSPS) is 16.9. The lowest BCUT2D eigenvalue weighted by atomic mass is 10.2. The van der Waals surface area contributed by atoms with Gasteiger partial charge in [0.25, 0.3) is 0 Å². The Hall–Kier alpha value is -1.69. The van der Waals surface area contributed by atoms with Crippen LogP contribution in [0, 0.1) is 5.92 Å². The van der Waals surface area contributed by atoms with Gasteiger partial charge in [0, 0.05) is 32.7 Å². The van der Waals surface area contributed by atoms with Gasteiger partial charge in [-0.3, -0.25) is 4.90 Å². The number of piperazine rings is 1. The molecular weight excluding hydrogens is 244 g/mol. The van der Waals surface area contributed by atoms with Crippen molar-refractivity contribution >= 4 is 11.8 Å². The van der Waals surface area contributed by atoms with E-state index in [2.05, 4.69) is 33.6 Å². The van der Waals surface area contributed by atoms with Gasteiger partial charge in [-0.25, -0.2) is 14.8 Å². The molecule has 0 atom stereocenters. The van der Waals surface area contributed by atoms with Crippen molar-refractivity contribution in [1.29, 1.82) is 0 Å². The molecule has 0 amide bonds. The van der Waals surface area contributed by atoms with E-state index in [0.29, 0.717) is 5.92 Å². The Balaban J connectivity index is 1.92. The Kier molecular flexibility index (Phi) is 4.31. The average Bonchev–Trinajstić information content (AvgIpc) is 2.39. The molecule has 0 spiro atoms. The summed E-state index contributed by atoms with van der Waals surface area (Å²) in [6.45, 7) is 9.42. The first-order chi connectivity index (χ1) is 9.06. The van der Waals surface area contributed by atoms with E-state index in [1.54, 1.807) is 6.20 Å². The predicted molar refractivity (Wildman–Crippen MR) is 72.5 cm³/mol. The molecule has 1 fully saturated rings. The first kappa shape index (κ1) is 13.7. The number of carboxylic acid groups (broad SMARTS) is 1. The third-order valence-corrected chi connectivity index (χ3v) is 3.18. The fourth-order valence-electron chi connectivity index (χ4n) is 2.27. The van der Waals surface area contributed by atoms with Crippen molar-refractivity contribution in [3.63, 3.8) is 0 Å². The maximum atomic E-state index is 10.7. The second-order valence-electron chi connectivity index (χ2n) is 5.25. The van der Waals surface area contributed by atoms with Crippen LogP contribution in [0.2, 0.25) is 0 Å². The van der Waals surface area contributed by atoms with Gasteiger partial charge in [-0.2, -0.15) is 0 Å². The number of aromatic carboxylic acids is 1. The lowest BCUT2D eigenvalue weighted by Gasteiger charge is -2.35. The quantitative estimate of drug-likeness (QED) is 0.873. The Morgan fingerprint density at radius 1 is 1.26 bits per heavy atom. The van der Waals surface area contributed by atoms with Gasteiger partial charge in [0.15, 0.2) is 5.69 Å². The van der Waals surface area contributed by atoms with Crippen LogP contribution in [-0.2, 0) is 0 Å². The fourth-order valence-corrected chi connectivity index (χ4v) is 2.27. The molecular formula is C13H20N4O2. The fraction of sp³-hybridized carbons (Fsp3) is 0.615.